The van der Waals surface area contributed by atoms with E-state index in [1.54, 1.807) is 30.3 Å². The number of esters is 1. The Balaban J connectivity index is 2.89. The van der Waals surface area contributed by atoms with Crippen LogP contribution in [-0.4, -0.2) is 62.9 Å². The van der Waals surface area contributed by atoms with Crippen molar-refractivity contribution in [2.75, 3.05) is 13.2 Å². The van der Waals surface area contributed by atoms with Gasteiger partial charge in [-0.3, -0.25) is 9.59 Å². The SMILES string of the molecule is O=C(O)CC(CC(=O)OCc1ccccc1)(C(O)CO)C(O)CO. The van der Waals surface area contributed by atoms with Crippen LogP contribution in [-0.2, 0) is 20.9 Å². The number of aliphatic hydroxyl groups is 4. The van der Waals surface area contributed by atoms with E-state index in [9.17, 15) is 19.8 Å². The Morgan fingerprint density at radius 1 is 1.00 bits per heavy atom. The fourth-order valence-electron chi connectivity index (χ4n) is 2.46. The van der Waals surface area contributed by atoms with Crippen molar-refractivity contribution in [3.8, 4) is 0 Å². The molecule has 0 aliphatic rings. The summed E-state index contributed by atoms with van der Waals surface area (Å²) in [4.78, 5) is 23.1. The van der Waals surface area contributed by atoms with Crippen LogP contribution in [0.2, 0.25) is 0 Å². The van der Waals surface area contributed by atoms with Gasteiger partial charge in [-0.15, -0.1) is 0 Å². The van der Waals surface area contributed by atoms with Crippen molar-refractivity contribution in [3.63, 3.8) is 0 Å². The van der Waals surface area contributed by atoms with E-state index in [1.165, 1.54) is 0 Å². The second-order valence-corrected chi connectivity index (χ2v) is 5.52. The van der Waals surface area contributed by atoms with Crippen LogP contribution in [0.3, 0.4) is 0 Å². The maximum atomic E-state index is 12.1. The highest BCUT2D eigenvalue weighted by atomic mass is 16.5. The third kappa shape index (κ3) is 5.27. The minimum absolute atomic E-state index is 0.0622. The average molecular weight is 342 g/mol. The maximum Gasteiger partial charge on any atom is 0.306 e. The quantitative estimate of drug-likeness (QED) is 0.351. The maximum absolute atomic E-state index is 12.1. The fourth-order valence-corrected chi connectivity index (χ4v) is 2.46. The van der Waals surface area contributed by atoms with Crippen LogP contribution < -0.4 is 0 Å². The van der Waals surface area contributed by atoms with Crippen molar-refractivity contribution in [2.24, 2.45) is 5.41 Å². The van der Waals surface area contributed by atoms with Crippen molar-refractivity contribution in [1.29, 1.82) is 0 Å². The van der Waals surface area contributed by atoms with Crippen LogP contribution in [0.1, 0.15) is 18.4 Å². The monoisotopic (exact) mass is 342 g/mol. The molecular weight excluding hydrogens is 320 g/mol. The van der Waals surface area contributed by atoms with Gasteiger partial charge in [0, 0.05) is 5.41 Å². The fraction of sp³-hybridized carbons (Fsp3) is 0.500. The number of carboxylic acids is 1. The van der Waals surface area contributed by atoms with Gasteiger partial charge in [-0.1, -0.05) is 30.3 Å². The summed E-state index contributed by atoms with van der Waals surface area (Å²) in [7, 11) is 0. The summed E-state index contributed by atoms with van der Waals surface area (Å²) >= 11 is 0. The van der Waals surface area contributed by atoms with Crippen molar-refractivity contribution >= 4 is 11.9 Å². The lowest BCUT2D eigenvalue weighted by Gasteiger charge is -2.38. The Morgan fingerprint density at radius 3 is 2.00 bits per heavy atom. The first kappa shape index (κ1) is 20.0. The standard InChI is InChI=1S/C16H22O8/c17-8-12(19)16(6-14(21)22,13(20)9-18)7-15(23)24-10-11-4-2-1-3-5-11/h1-5,12-13,17-20H,6-10H2,(H,21,22). The molecule has 24 heavy (non-hydrogen) atoms. The van der Waals surface area contributed by atoms with E-state index < -0.39 is 55.6 Å². The molecule has 2 atom stereocenters. The Morgan fingerprint density at radius 2 is 1.54 bits per heavy atom. The molecule has 0 spiro atoms. The Hall–Kier alpha value is -2.00. The minimum atomic E-state index is -1.96. The first-order valence-corrected chi connectivity index (χ1v) is 7.35. The van der Waals surface area contributed by atoms with E-state index in [1.807, 2.05) is 0 Å². The van der Waals surface area contributed by atoms with Crippen molar-refractivity contribution < 1.29 is 39.9 Å². The molecule has 0 aliphatic heterocycles. The number of aliphatic carboxylic acids is 1. The van der Waals surface area contributed by atoms with Crippen LogP contribution in [0.25, 0.3) is 0 Å². The molecule has 1 aromatic rings. The largest absolute Gasteiger partial charge is 0.481 e. The van der Waals surface area contributed by atoms with Crippen LogP contribution in [0, 0.1) is 5.41 Å². The molecule has 0 heterocycles. The Kier molecular flexibility index (Phi) is 7.80. The zero-order chi connectivity index (χ0) is 18.2. The van der Waals surface area contributed by atoms with E-state index in [0.29, 0.717) is 5.56 Å². The highest BCUT2D eigenvalue weighted by Gasteiger charge is 2.48. The highest BCUT2D eigenvalue weighted by molar-refractivity contribution is 5.73. The van der Waals surface area contributed by atoms with Crippen molar-refractivity contribution in [2.45, 2.75) is 31.7 Å². The molecule has 0 saturated carbocycles. The molecular formula is C16H22O8. The number of carbonyl (C=O) groups excluding carboxylic acids is 1. The van der Waals surface area contributed by atoms with Gasteiger partial charge >= 0.3 is 11.9 Å². The zero-order valence-corrected chi connectivity index (χ0v) is 13.0. The smallest absolute Gasteiger partial charge is 0.306 e. The number of aliphatic hydroxyl groups excluding tert-OH is 4. The first-order chi connectivity index (χ1) is 11.4. The summed E-state index contributed by atoms with van der Waals surface area (Å²) in [5, 5.41) is 47.3. The molecule has 8 heteroatoms. The topological polar surface area (TPSA) is 145 Å². The molecule has 1 rings (SSSR count). The molecule has 2 unspecified atom stereocenters. The average Bonchev–Trinajstić information content (AvgIpc) is 2.58. The molecule has 0 aliphatic carbocycles. The van der Waals surface area contributed by atoms with E-state index >= 15 is 0 Å². The molecule has 1 aromatic carbocycles. The number of rotatable bonds is 10. The molecule has 0 radical (unpaired) electrons. The molecule has 5 N–H and O–H groups in total. The van der Waals surface area contributed by atoms with Crippen LogP contribution in [0.4, 0.5) is 0 Å². The van der Waals surface area contributed by atoms with Crippen LogP contribution >= 0.6 is 0 Å². The Bertz CT molecular complexity index is 520. The van der Waals surface area contributed by atoms with E-state index in [2.05, 4.69) is 0 Å². The predicted octanol–water partition coefficient (Wildman–Crippen LogP) is -0.713. The molecule has 0 amide bonds. The van der Waals surface area contributed by atoms with E-state index in [-0.39, 0.29) is 6.61 Å². The second-order valence-electron chi connectivity index (χ2n) is 5.52. The number of ether oxygens (including phenoxy) is 1. The third-order valence-electron chi connectivity index (χ3n) is 3.87. The minimum Gasteiger partial charge on any atom is -0.481 e. The third-order valence-corrected chi connectivity index (χ3v) is 3.87. The first-order valence-electron chi connectivity index (χ1n) is 7.35. The highest BCUT2D eigenvalue weighted by Crippen LogP contribution is 2.36. The van der Waals surface area contributed by atoms with Gasteiger partial charge in [0.25, 0.3) is 0 Å². The predicted molar refractivity (Wildman–Crippen MR) is 81.7 cm³/mol. The van der Waals surface area contributed by atoms with Crippen LogP contribution in [0.5, 0.6) is 0 Å². The van der Waals surface area contributed by atoms with Gasteiger partial charge < -0.3 is 30.3 Å². The number of hydrogen-bond acceptors (Lipinski definition) is 7. The number of carbonyl (C=O) groups is 2. The lowest BCUT2D eigenvalue weighted by Crippen LogP contribution is -2.51. The molecule has 0 bridgehead atoms. The van der Waals surface area contributed by atoms with Crippen LogP contribution in [0.15, 0.2) is 30.3 Å². The molecule has 134 valence electrons. The number of benzene rings is 1. The summed E-state index contributed by atoms with van der Waals surface area (Å²) in [6.07, 6.45) is -4.94. The van der Waals surface area contributed by atoms with Gasteiger partial charge in [-0.25, -0.2) is 0 Å². The lowest BCUT2D eigenvalue weighted by atomic mass is 9.71. The summed E-state index contributed by atoms with van der Waals surface area (Å²) < 4.78 is 5.04. The summed E-state index contributed by atoms with van der Waals surface area (Å²) in [6.45, 7) is -1.82. The van der Waals surface area contributed by atoms with Gasteiger partial charge in [-0.2, -0.15) is 0 Å². The summed E-state index contributed by atoms with van der Waals surface area (Å²) in [5.41, 5.74) is -1.25. The van der Waals surface area contributed by atoms with Crippen molar-refractivity contribution in [3.05, 3.63) is 35.9 Å². The normalized spacial score (nSPS) is 16.0. The van der Waals surface area contributed by atoms with Gasteiger partial charge in [0.05, 0.1) is 38.3 Å². The number of carboxylic acid groups (broad SMARTS) is 1. The van der Waals surface area contributed by atoms with E-state index in [0.717, 1.165) is 0 Å². The van der Waals surface area contributed by atoms with Crippen molar-refractivity contribution in [1.82, 2.24) is 0 Å². The van der Waals surface area contributed by atoms with Gasteiger partial charge in [0.1, 0.15) is 6.61 Å². The zero-order valence-electron chi connectivity index (χ0n) is 13.0. The van der Waals surface area contributed by atoms with Gasteiger partial charge in [0.15, 0.2) is 0 Å². The molecule has 8 nitrogen and oxygen atoms in total. The summed E-state index contributed by atoms with van der Waals surface area (Å²) in [5.74, 6) is -2.26. The summed E-state index contributed by atoms with van der Waals surface area (Å²) in [6, 6.07) is 8.75. The second kappa shape index (κ2) is 9.33. The Labute approximate surface area is 138 Å². The number of hydrogen-bond donors (Lipinski definition) is 5. The van der Waals surface area contributed by atoms with E-state index in [4.69, 9.17) is 20.1 Å². The molecule has 0 saturated heterocycles. The lowest BCUT2D eigenvalue weighted by molar-refractivity contribution is -0.167. The molecule has 0 aromatic heterocycles. The van der Waals surface area contributed by atoms with Gasteiger partial charge in [-0.05, 0) is 5.56 Å². The molecule has 0 fully saturated rings. The van der Waals surface area contributed by atoms with Gasteiger partial charge in [0.2, 0.25) is 0 Å².